The van der Waals surface area contributed by atoms with Gasteiger partial charge in [0.15, 0.2) is 0 Å². The fraction of sp³-hybridized carbons (Fsp3) is 0.727. The van der Waals surface area contributed by atoms with Gasteiger partial charge in [0, 0.05) is 5.57 Å². The Kier molecular flexibility index (Phi) is 3.10. The van der Waals surface area contributed by atoms with E-state index >= 15 is 0 Å². The van der Waals surface area contributed by atoms with Gasteiger partial charge >= 0.3 is 0 Å². The molecule has 0 atom stereocenters. The Labute approximate surface area is 76.1 Å². The number of allylic oxidation sites excluding steroid dienone is 2. The van der Waals surface area contributed by atoms with Crippen LogP contribution in [0.4, 0.5) is 0 Å². The monoisotopic (exact) mass is 165 g/mol. The van der Waals surface area contributed by atoms with E-state index in [0.29, 0.717) is 0 Å². The number of hydrogen-bond donors (Lipinski definition) is 0. The van der Waals surface area contributed by atoms with Gasteiger partial charge in [-0.25, -0.2) is 0 Å². The Morgan fingerprint density at radius 2 is 1.50 bits per heavy atom. The first-order valence-electron chi connectivity index (χ1n) is 4.30. The van der Waals surface area contributed by atoms with E-state index in [4.69, 9.17) is 5.26 Å². The predicted molar refractivity (Wildman–Crippen MR) is 52.6 cm³/mol. The molecule has 0 aromatic rings. The number of hydrogen-bond acceptors (Lipinski definition) is 1. The second-order valence-electron chi connectivity index (χ2n) is 5.29. The third-order valence-electron chi connectivity index (χ3n) is 1.51. The van der Waals surface area contributed by atoms with Crippen molar-refractivity contribution in [3.05, 3.63) is 11.6 Å². The van der Waals surface area contributed by atoms with Gasteiger partial charge in [-0.3, -0.25) is 0 Å². The summed E-state index contributed by atoms with van der Waals surface area (Å²) in [4.78, 5) is 0. The lowest BCUT2D eigenvalue weighted by Gasteiger charge is -2.21. The van der Waals surface area contributed by atoms with Gasteiger partial charge in [-0.05, 0) is 10.8 Å². The maximum Gasteiger partial charge on any atom is 0.0949 e. The molecule has 0 aliphatic rings. The molecule has 0 rings (SSSR count). The second-order valence-corrected chi connectivity index (χ2v) is 5.29. The molecule has 0 radical (unpaired) electrons. The molecule has 0 spiro atoms. The minimum atomic E-state index is -0.0258. The van der Waals surface area contributed by atoms with Crippen molar-refractivity contribution in [1.82, 2.24) is 0 Å². The van der Waals surface area contributed by atoms with Crippen molar-refractivity contribution >= 4 is 0 Å². The molecular weight excluding hydrogens is 146 g/mol. The van der Waals surface area contributed by atoms with E-state index in [9.17, 15) is 0 Å². The van der Waals surface area contributed by atoms with Crippen molar-refractivity contribution in [2.24, 2.45) is 10.8 Å². The number of nitrogens with zero attached hydrogens (tertiary/aromatic N) is 1. The molecule has 0 N–H and O–H groups in total. The zero-order valence-electron chi connectivity index (χ0n) is 9.02. The van der Waals surface area contributed by atoms with Crippen LogP contribution in [0.2, 0.25) is 0 Å². The van der Waals surface area contributed by atoms with Gasteiger partial charge in [0.1, 0.15) is 0 Å². The maximum atomic E-state index is 8.91. The van der Waals surface area contributed by atoms with Crippen LogP contribution in [-0.2, 0) is 0 Å². The summed E-state index contributed by atoms with van der Waals surface area (Å²) in [5, 5.41) is 8.91. The first-order valence-corrected chi connectivity index (χ1v) is 4.30. The largest absolute Gasteiger partial charge is 0.193 e. The smallest absolute Gasteiger partial charge is 0.0949 e. The molecular formula is C11H19N. The molecule has 0 fully saturated rings. The fourth-order valence-electron chi connectivity index (χ4n) is 0.849. The maximum absolute atomic E-state index is 8.91. The molecule has 0 aliphatic heterocycles. The van der Waals surface area contributed by atoms with Crippen LogP contribution in [0.3, 0.4) is 0 Å². The molecule has 0 aromatic carbocycles. The van der Waals surface area contributed by atoms with Gasteiger partial charge in [-0.1, -0.05) is 47.6 Å². The molecule has 0 saturated heterocycles. The standard InChI is InChI=1S/C11H19N/c1-10(2,3)7-9(8-12)11(4,5)6/h7H,1-6H3/b9-7+. The molecule has 1 nitrogen and oxygen atoms in total. The van der Waals surface area contributed by atoms with E-state index in [-0.39, 0.29) is 10.8 Å². The molecule has 0 amide bonds. The molecule has 0 bridgehead atoms. The minimum absolute atomic E-state index is 0.0258. The zero-order chi connectivity index (χ0) is 9.99. The average Bonchev–Trinajstić information content (AvgIpc) is 1.78. The Bertz CT molecular complexity index is 215. The van der Waals surface area contributed by atoms with Crippen molar-refractivity contribution in [3.63, 3.8) is 0 Å². The van der Waals surface area contributed by atoms with Crippen LogP contribution in [0.1, 0.15) is 41.5 Å². The molecule has 12 heavy (non-hydrogen) atoms. The highest BCUT2D eigenvalue weighted by atomic mass is 14.3. The zero-order valence-corrected chi connectivity index (χ0v) is 9.02. The van der Waals surface area contributed by atoms with Gasteiger partial charge < -0.3 is 0 Å². The lowest BCUT2D eigenvalue weighted by molar-refractivity contribution is 0.484. The summed E-state index contributed by atoms with van der Waals surface area (Å²) < 4.78 is 0. The quantitative estimate of drug-likeness (QED) is 0.504. The average molecular weight is 165 g/mol. The lowest BCUT2D eigenvalue weighted by Crippen LogP contribution is -2.12. The van der Waals surface area contributed by atoms with E-state index < -0.39 is 0 Å². The Morgan fingerprint density at radius 3 is 1.58 bits per heavy atom. The van der Waals surface area contributed by atoms with Crippen molar-refractivity contribution in [1.29, 1.82) is 5.26 Å². The molecule has 0 aromatic heterocycles. The highest BCUT2D eigenvalue weighted by Gasteiger charge is 2.19. The molecule has 0 aliphatic carbocycles. The van der Waals surface area contributed by atoms with Crippen LogP contribution in [0, 0.1) is 22.2 Å². The topological polar surface area (TPSA) is 23.8 Å². The summed E-state index contributed by atoms with van der Waals surface area (Å²) in [6.45, 7) is 12.5. The van der Waals surface area contributed by atoms with Crippen molar-refractivity contribution < 1.29 is 0 Å². The highest BCUT2D eigenvalue weighted by Crippen LogP contribution is 2.29. The summed E-state index contributed by atoms with van der Waals surface area (Å²) in [6, 6.07) is 2.26. The van der Waals surface area contributed by atoms with E-state index in [2.05, 4.69) is 47.6 Å². The third-order valence-corrected chi connectivity index (χ3v) is 1.51. The first kappa shape index (κ1) is 11.2. The number of nitriles is 1. The van der Waals surface area contributed by atoms with E-state index in [1.165, 1.54) is 0 Å². The summed E-state index contributed by atoms with van der Waals surface area (Å²) in [7, 11) is 0. The molecule has 68 valence electrons. The minimum Gasteiger partial charge on any atom is -0.193 e. The van der Waals surface area contributed by atoms with Crippen LogP contribution in [0.5, 0.6) is 0 Å². The van der Waals surface area contributed by atoms with Gasteiger partial charge in [-0.15, -0.1) is 0 Å². The predicted octanol–water partition coefficient (Wildman–Crippen LogP) is 3.53. The van der Waals surface area contributed by atoms with E-state index in [0.717, 1.165) is 5.57 Å². The van der Waals surface area contributed by atoms with E-state index in [1.54, 1.807) is 0 Å². The van der Waals surface area contributed by atoms with Crippen molar-refractivity contribution in [2.75, 3.05) is 0 Å². The van der Waals surface area contributed by atoms with Crippen LogP contribution in [0.15, 0.2) is 11.6 Å². The van der Waals surface area contributed by atoms with Gasteiger partial charge in [-0.2, -0.15) is 5.26 Å². The first-order chi connectivity index (χ1) is 5.17. The van der Waals surface area contributed by atoms with Crippen molar-refractivity contribution in [3.8, 4) is 6.07 Å². The Balaban J connectivity index is 4.85. The second kappa shape index (κ2) is 3.31. The third kappa shape index (κ3) is 4.18. The van der Waals surface area contributed by atoms with Crippen LogP contribution in [0.25, 0.3) is 0 Å². The summed E-state index contributed by atoms with van der Waals surface area (Å²) >= 11 is 0. The lowest BCUT2D eigenvalue weighted by atomic mass is 9.82. The summed E-state index contributed by atoms with van der Waals surface area (Å²) in [5.74, 6) is 0. The SMILES string of the molecule is CC(C)(C)/C=C(\C#N)C(C)(C)C. The normalized spacial score (nSPS) is 14.2. The summed E-state index contributed by atoms with van der Waals surface area (Å²) in [5.41, 5.74) is 0.940. The molecule has 0 heterocycles. The van der Waals surface area contributed by atoms with Crippen LogP contribution >= 0.6 is 0 Å². The Morgan fingerprint density at radius 1 is 1.08 bits per heavy atom. The molecule has 0 saturated carbocycles. The molecule has 0 unspecified atom stereocenters. The van der Waals surface area contributed by atoms with Gasteiger partial charge in [0.25, 0.3) is 0 Å². The van der Waals surface area contributed by atoms with E-state index in [1.807, 2.05) is 6.08 Å². The Hall–Kier alpha value is -0.770. The number of rotatable bonds is 0. The highest BCUT2D eigenvalue weighted by molar-refractivity contribution is 5.28. The van der Waals surface area contributed by atoms with Crippen LogP contribution in [-0.4, -0.2) is 0 Å². The molecule has 1 heteroatoms. The fourth-order valence-corrected chi connectivity index (χ4v) is 0.849. The van der Waals surface area contributed by atoms with Crippen LogP contribution < -0.4 is 0 Å². The van der Waals surface area contributed by atoms with Crippen molar-refractivity contribution in [2.45, 2.75) is 41.5 Å². The summed E-state index contributed by atoms with van der Waals surface area (Å²) in [6.07, 6.45) is 2.05. The van der Waals surface area contributed by atoms with Gasteiger partial charge in [0.2, 0.25) is 0 Å². The van der Waals surface area contributed by atoms with Gasteiger partial charge in [0.05, 0.1) is 6.07 Å².